The normalized spacial score (nSPS) is 11.5. The van der Waals surface area contributed by atoms with E-state index in [9.17, 15) is 4.79 Å². The number of nitrogens with one attached hydrogen (secondary N) is 1. The van der Waals surface area contributed by atoms with Crippen LogP contribution in [0.4, 0.5) is 5.82 Å². The molecule has 0 aliphatic heterocycles. The topological polar surface area (TPSA) is 45.2 Å². The van der Waals surface area contributed by atoms with E-state index < -0.39 is 0 Å². The summed E-state index contributed by atoms with van der Waals surface area (Å²) in [4.78, 5) is 19.2. The van der Waals surface area contributed by atoms with Crippen LogP contribution in [0.2, 0.25) is 0 Å². The van der Waals surface area contributed by atoms with Gasteiger partial charge in [0.05, 0.1) is 11.1 Å². The number of aromatic nitrogens is 1. The van der Waals surface area contributed by atoms with Crippen molar-refractivity contribution in [1.29, 1.82) is 0 Å². The maximum absolute atomic E-state index is 12.9. The molecule has 0 saturated carbocycles. The van der Waals surface area contributed by atoms with E-state index in [1.807, 2.05) is 49.3 Å². The number of hydrogen-bond donors (Lipinski definition) is 1. The molecule has 21 heavy (non-hydrogen) atoms. The van der Waals surface area contributed by atoms with Crippen LogP contribution in [-0.4, -0.2) is 35.4 Å². The Balaban J connectivity index is 2.57. The molecule has 112 valence electrons. The number of para-hydroxylation sites is 1. The Hall–Kier alpha value is -2.10. The smallest absolute Gasteiger partial charge is 0.254 e. The number of pyridine rings is 1. The predicted molar refractivity (Wildman–Crippen MR) is 87.8 cm³/mol. The van der Waals surface area contributed by atoms with Crippen molar-refractivity contribution in [1.82, 2.24) is 9.88 Å². The minimum Gasteiger partial charge on any atom is -0.373 e. The molecule has 0 fully saturated rings. The van der Waals surface area contributed by atoms with Gasteiger partial charge >= 0.3 is 0 Å². The van der Waals surface area contributed by atoms with E-state index in [0.717, 1.165) is 17.3 Å². The largest absolute Gasteiger partial charge is 0.373 e. The quantitative estimate of drug-likeness (QED) is 0.934. The fourth-order valence-electron chi connectivity index (χ4n) is 2.17. The number of nitrogens with zero attached hydrogens (tertiary/aromatic N) is 2. The number of benzene rings is 1. The fourth-order valence-corrected chi connectivity index (χ4v) is 2.17. The molecular weight excluding hydrogens is 262 g/mol. The highest BCUT2D eigenvalue weighted by atomic mass is 16.2. The van der Waals surface area contributed by atoms with Gasteiger partial charge in [0.2, 0.25) is 0 Å². The molecule has 4 heteroatoms. The minimum absolute atomic E-state index is 0.0250. The summed E-state index contributed by atoms with van der Waals surface area (Å²) in [6.45, 7) is 6.24. The van der Waals surface area contributed by atoms with Crippen LogP contribution in [-0.2, 0) is 0 Å². The zero-order chi connectivity index (χ0) is 15.6. The standard InChI is InChI=1S/C17H23N3O/c1-6-17(2,3)20(5)16(21)13-11-15(18-4)19-14-10-8-7-9-12(13)14/h7-11H,6H2,1-5H3,(H,18,19). The van der Waals surface area contributed by atoms with Crippen LogP contribution in [0.3, 0.4) is 0 Å². The summed E-state index contributed by atoms with van der Waals surface area (Å²) >= 11 is 0. The van der Waals surface area contributed by atoms with Gasteiger partial charge in [0.25, 0.3) is 5.91 Å². The molecule has 0 bridgehead atoms. The third-order valence-electron chi connectivity index (χ3n) is 4.28. The van der Waals surface area contributed by atoms with Gasteiger partial charge in [-0.3, -0.25) is 4.79 Å². The molecule has 1 N–H and O–H groups in total. The van der Waals surface area contributed by atoms with E-state index in [1.54, 1.807) is 0 Å². The van der Waals surface area contributed by atoms with E-state index in [-0.39, 0.29) is 11.4 Å². The summed E-state index contributed by atoms with van der Waals surface area (Å²) in [5.74, 6) is 0.733. The monoisotopic (exact) mass is 285 g/mol. The molecule has 2 aromatic rings. The van der Waals surface area contributed by atoms with Crippen LogP contribution in [0.25, 0.3) is 10.9 Å². The lowest BCUT2D eigenvalue weighted by molar-refractivity contribution is 0.0622. The highest BCUT2D eigenvalue weighted by molar-refractivity contribution is 6.07. The average Bonchev–Trinajstić information content (AvgIpc) is 2.52. The molecule has 1 heterocycles. The second-order valence-corrected chi connectivity index (χ2v) is 5.85. The Morgan fingerprint density at radius 1 is 1.33 bits per heavy atom. The molecule has 1 amide bonds. The van der Waals surface area contributed by atoms with E-state index in [2.05, 4.69) is 31.1 Å². The first kappa shape index (κ1) is 15.3. The van der Waals surface area contributed by atoms with Crippen molar-refractivity contribution < 1.29 is 4.79 Å². The van der Waals surface area contributed by atoms with Crippen LogP contribution in [0.1, 0.15) is 37.6 Å². The zero-order valence-electron chi connectivity index (χ0n) is 13.4. The van der Waals surface area contributed by atoms with Crippen LogP contribution in [0.5, 0.6) is 0 Å². The van der Waals surface area contributed by atoms with Crippen molar-refractivity contribution in [2.75, 3.05) is 19.4 Å². The number of rotatable bonds is 4. The Bertz CT molecular complexity index is 664. The van der Waals surface area contributed by atoms with Crippen LogP contribution < -0.4 is 5.32 Å². The van der Waals surface area contributed by atoms with Gasteiger partial charge in [0, 0.05) is 25.0 Å². The molecule has 0 aliphatic carbocycles. The molecule has 0 radical (unpaired) electrons. The third kappa shape index (κ3) is 2.84. The van der Waals surface area contributed by atoms with Crippen molar-refractivity contribution in [3.8, 4) is 0 Å². The number of anilines is 1. The molecule has 4 nitrogen and oxygen atoms in total. The molecular formula is C17H23N3O. The highest BCUT2D eigenvalue weighted by Gasteiger charge is 2.27. The molecule has 0 aliphatic rings. The molecule has 1 aromatic heterocycles. The number of hydrogen-bond acceptors (Lipinski definition) is 3. The molecule has 0 spiro atoms. The Kier molecular flexibility index (Phi) is 4.16. The first-order valence-electron chi connectivity index (χ1n) is 7.26. The molecule has 1 aromatic carbocycles. The lowest BCUT2D eigenvalue weighted by Gasteiger charge is -2.35. The van der Waals surface area contributed by atoms with Crippen LogP contribution in [0, 0.1) is 0 Å². The van der Waals surface area contributed by atoms with E-state index in [0.29, 0.717) is 11.4 Å². The van der Waals surface area contributed by atoms with Gasteiger partial charge in [-0.2, -0.15) is 0 Å². The lowest BCUT2D eigenvalue weighted by Crippen LogP contribution is -2.44. The maximum atomic E-state index is 12.9. The van der Waals surface area contributed by atoms with Crippen molar-refractivity contribution >= 4 is 22.6 Å². The molecule has 0 unspecified atom stereocenters. The zero-order valence-corrected chi connectivity index (χ0v) is 13.4. The van der Waals surface area contributed by atoms with Crippen molar-refractivity contribution in [3.63, 3.8) is 0 Å². The van der Waals surface area contributed by atoms with Crippen LogP contribution >= 0.6 is 0 Å². The van der Waals surface area contributed by atoms with Crippen molar-refractivity contribution in [3.05, 3.63) is 35.9 Å². The summed E-state index contributed by atoms with van der Waals surface area (Å²) in [5, 5.41) is 3.91. The van der Waals surface area contributed by atoms with Gasteiger partial charge in [0.15, 0.2) is 0 Å². The Morgan fingerprint density at radius 2 is 2.00 bits per heavy atom. The minimum atomic E-state index is -0.179. The number of carbonyl (C=O) groups excluding carboxylic acids is 1. The second kappa shape index (κ2) is 5.72. The molecule has 0 atom stereocenters. The third-order valence-corrected chi connectivity index (χ3v) is 4.28. The number of fused-ring (bicyclic) bond motifs is 1. The summed E-state index contributed by atoms with van der Waals surface area (Å²) in [6, 6.07) is 9.57. The van der Waals surface area contributed by atoms with Crippen LogP contribution in [0.15, 0.2) is 30.3 Å². The van der Waals surface area contributed by atoms with Gasteiger partial charge < -0.3 is 10.2 Å². The van der Waals surface area contributed by atoms with Crippen molar-refractivity contribution in [2.45, 2.75) is 32.7 Å². The van der Waals surface area contributed by atoms with Gasteiger partial charge in [0.1, 0.15) is 5.82 Å². The first-order chi connectivity index (χ1) is 9.90. The first-order valence-corrected chi connectivity index (χ1v) is 7.26. The summed E-state index contributed by atoms with van der Waals surface area (Å²) < 4.78 is 0. The fraction of sp³-hybridized carbons (Fsp3) is 0.412. The SMILES string of the molecule is CCC(C)(C)N(C)C(=O)c1cc(NC)nc2ccccc12. The van der Waals surface area contributed by atoms with E-state index >= 15 is 0 Å². The summed E-state index contributed by atoms with van der Waals surface area (Å²) in [5.41, 5.74) is 1.34. The van der Waals surface area contributed by atoms with Gasteiger partial charge in [-0.25, -0.2) is 4.98 Å². The molecule has 0 saturated heterocycles. The van der Waals surface area contributed by atoms with E-state index in [1.165, 1.54) is 0 Å². The Morgan fingerprint density at radius 3 is 2.62 bits per heavy atom. The summed E-state index contributed by atoms with van der Waals surface area (Å²) in [6.07, 6.45) is 0.900. The lowest BCUT2D eigenvalue weighted by atomic mass is 9.98. The second-order valence-electron chi connectivity index (χ2n) is 5.85. The van der Waals surface area contributed by atoms with Gasteiger partial charge in [-0.15, -0.1) is 0 Å². The summed E-state index contributed by atoms with van der Waals surface area (Å²) in [7, 11) is 3.67. The average molecular weight is 285 g/mol. The van der Waals surface area contributed by atoms with Crippen molar-refractivity contribution in [2.24, 2.45) is 0 Å². The van der Waals surface area contributed by atoms with E-state index in [4.69, 9.17) is 0 Å². The maximum Gasteiger partial charge on any atom is 0.254 e. The van der Waals surface area contributed by atoms with Gasteiger partial charge in [-0.1, -0.05) is 25.1 Å². The Labute approximate surface area is 126 Å². The number of amides is 1. The molecule has 2 rings (SSSR count). The highest BCUT2D eigenvalue weighted by Crippen LogP contribution is 2.25. The number of carbonyl (C=O) groups is 1. The van der Waals surface area contributed by atoms with Gasteiger partial charge in [-0.05, 0) is 32.4 Å². The predicted octanol–water partition coefficient (Wildman–Crippen LogP) is 3.54.